The Hall–Kier alpha value is 0.622. The van der Waals surface area contributed by atoms with E-state index in [1.54, 1.807) is 0 Å². The van der Waals surface area contributed by atoms with Crippen LogP contribution in [0.1, 0.15) is 12.5 Å². The van der Waals surface area contributed by atoms with Gasteiger partial charge in [0.05, 0.1) is 0 Å². The first kappa shape index (κ1) is 8.72. The van der Waals surface area contributed by atoms with Crippen molar-refractivity contribution in [2.24, 2.45) is 0 Å². The Morgan fingerprint density at radius 2 is 2.20 bits per heavy atom. The quantitative estimate of drug-likeness (QED) is 0.641. The third-order valence-corrected chi connectivity index (χ3v) is 3.76. The van der Waals surface area contributed by atoms with Crippen molar-refractivity contribution in [3.05, 3.63) is 28.2 Å². The summed E-state index contributed by atoms with van der Waals surface area (Å²) >= 11 is 4.60. The molecule has 10 heavy (non-hydrogen) atoms. The molecule has 0 nitrogen and oxygen atoms in total. The van der Waals surface area contributed by atoms with Crippen LogP contribution in [0, 0.1) is 0 Å². The van der Waals surface area contributed by atoms with Crippen molar-refractivity contribution in [3.63, 3.8) is 0 Å². The average Bonchev–Trinajstić information content (AvgIpc) is 1.88. The molecule has 0 amide bonds. The van der Waals surface area contributed by atoms with E-state index in [9.17, 15) is 0 Å². The fourth-order valence-corrected chi connectivity index (χ4v) is 3.66. The minimum atomic E-state index is 1.15. The van der Waals surface area contributed by atoms with Crippen LogP contribution in [0.3, 0.4) is 0 Å². The zero-order valence-corrected chi connectivity index (χ0v) is 11.3. The number of benzene rings is 1. The van der Waals surface area contributed by atoms with Gasteiger partial charge in [0.25, 0.3) is 0 Å². The Labute approximate surface area is 85.8 Å². The van der Waals surface area contributed by atoms with Crippen molar-refractivity contribution in [1.82, 2.24) is 0 Å². The normalized spacial score (nSPS) is 9.90. The third kappa shape index (κ3) is 2.05. The Kier molecular flexibility index (Phi) is 3.36. The average molecular weight is 391 g/mol. The van der Waals surface area contributed by atoms with Crippen LogP contribution in [0.4, 0.5) is 0 Å². The van der Waals surface area contributed by atoms with Crippen LogP contribution in [-0.2, 0) is 6.42 Å². The Balaban J connectivity index is 3.07. The van der Waals surface area contributed by atoms with Crippen LogP contribution < -0.4 is 3.12 Å². The van der Waals surface area contributed by atoms with Crippen LogP contribution >= 0.6 is 15.9 Å². The Morgan fingerprint density at radius 3 is 2.70 bits per heavy atom. The van der Waals surface area contributed by atoms with Gasteiger partial charge in [-0.25, -0.2) is 0 Å². The first-order valence-corrected chi connectivity index (χ1v) is 5.97. The fraction of sp³-hybridized carbons (Fsp3) is 0.250. The van der Waals surface area contributed by atoms with Gasteiger partial charge in [-0.3, -0.25) is 0 Å². The standard InChI is InChI=1S/C8H8Br.Pb/c1-2-7-3-5-8(9)6-4-7;/h3,5-6H,2H2,1H3;. The summed E-state index contributed by atoms with van der Waals surface area (Å²) in [6.45, 7) is 2.20. The van der Waals surface area contributed by atoms with Crippen molar-refractivity contribution in [2.75, 3.05) is 0 Å². The molecule has 0 fully saturated rings. The SMILES string of the molecule is CCc1ccc(Br)c[c]1[Pb]. The summed E-state index contributed by atoms with van der Waals surface area (Å²) in [5.41, 5.74) is 1.50. The summed E-state index contributed by atoms with van der Waals surface area (Å²) in [6, 6.07) is 6.53. The molecular weight excluding hydrogens is 383 g/mol. The van der Waals surface area contributed by atoms with E-state index in [2.05, 4.69) is 41.1 Å². The molecule has 0 spiro atoms. The van der Waals surface area contributed by atoms with E-state index >= 15 is 0 Å². The van der Waals surface area contributed by atoms with Gasteiger partial charge in [0.1, 0.15) is 0 Å². The van der Waals surface area contributed by atoms with Crippen molar-refractivity contribution in [3.8, 4) is 0 Å². The molecule has 0 aromatic heterocycles. The van der Waals surface area contributed by atoms with Gasteiger partial charge in [0.2, 0.25) is 0 Å². The van der Waals surface area contributed by atoms with Crippen LogP contribution in [0.25, 0.3) is 0 Å². The fourth-order valence-electron chi connectivity index (χ4n) is 0.857. The predicted molar refractivity (Wildman–Crippen MR) is 48.9 cm³/mol. The number of halogens is 1. The zero-order chi connectivity index (χ0) is 7.56. The molecule has 1 rings (SSSR count). The monoisotopic (exact) mass is 391 g/mol. The van der Waals surface area contributed by atoms with Crippen molar-refractivity contribution < 1.29 is 0 Å². The van der Waals surface area contributed by atoms with E-state index in [0.717, 1.165) is 32.2 Å². The number of hydrogen-bond acceptors (Lipinski definition) is 0. The van der Waals surface area contributed by atoms with Gasteiger partial charge < -0.3 is 0 Å². The maximum absolute atomic E-state index is 3.45. The summed E-state index contributed by atoms with van der Waals surface area (Å²) in [5, 5.41) is 0. The summed E-state index contributed by atoms with van der Waals surface area (Å²) in [4.78, 5) is 0. The van der Waals surface area contributed by atoms with Crippen molar-refractivity contribution in [2.45, 2.75) is 13.3 Å². The van der Waals surface area contributed by atoms with Gasteiger partial charge in [-0.05, 0) is 0 Å². The molecule has 1 aromatic rings. The van der Waals surface area contributed by atoms with E-state index < -0.39 is 0 Å². The molecule has 0 aliphatic rings. The third-order valence-electron chi connectivity index (χ3n) is 1.45. The predicted octanol–water partition coefficient (Wildman–Crippen LogP) is 1.81. The van der Waals surface area contributed by atoms with Gasteiger partial charge in [0.15, 0.2) is 0 Å². The topological polar surface area (TPSA) is 0 Å². The number of aryl methyl sites for hydroxylation is 1. The second-order valence-corrected chi connectivity index (χ2v) is 5.16. The minimum absolute atomic E-state index is 1.15. The first-order chi connectivity index (χ1) is 4.74. The summed E-state index contributed by atoms with van der Waals surface area (Å²) < 4.78 is 2.71. The van der Waals surface area contributed by atoms with Crippen LogP contribution in [0.15, 0.2) is 22.7 Å². The van der Waals surface area contributed by atoms with Crippen LogP contribution in [-0.4, -0.2) is 25.8 Å². The van der Waals surface area contributed by atoms with E-state index in [-0.39, 0.29) is 0 Å². The molecule has 0 saturated carbocycles. The molecule has 3 radical (unpaired) electrons. The zero-order valence-electron chi connectivity index (χ0n) is 5.82. The molecule has 0 heterocycles. The number of rotatable bonds is 1. The van der Waals surface area contributed by atoms with Crippen molar-refractivity contribution in [1.29, 1.82) is 0 Å². The van der Waals surface area contributed by atoms with Gasteiger partial charge in [-0.15, -0.1) is 0 Å². The molecule has 0 aliphatic carbocycles. The van der Waals surface area contributed by atoms with Crippen LogP contribution in [0.5, 0.6) is 0 Å². The molecule has 0 saturated heterocycles. The molecule has 0 atom stereocenters. The van der Waals surface area contributed by atoms with E-state index in [1.165, 1.54) is 13.2 Å². The van der Waals surface area contributed by atoms with Crippen LogP contribution in [0.2, 0.25) is 0 Å². The summed E-state index contributed by atoms with van der Waals surface area (Å²) in [5.74, 6) is 0. The van der Waals surface area contributed by atoms with Gasteiger partial charge in [-0.1, -0.05) is 0 Å². The molecule has 51 valence electrons. The van der Waals surface area contributed by atoms with Gasteiger partial charge in [-0.2, -0.15) is 0 Å². The first-order valence-electron chi connectivity index (χ1n) is 3.24. The van der Waals surface area contributed by atoms with Gasteiger partial charge in [0, 0.05) is 0 Å². The second kappa shape index (κ2) is 3.85. The van der Waals surface area contributed by atoms with E-state index in [4.69, 9.17) is 0 Å². The summed E-state index contributed by atoms with van der Waals surface area (Å²) in [6.07, 6.45) is 1.16. The van der Waals surface area contributed by atoms with Crippen molar-refractivity contribution >= 4 is 44.8 Å². The molecule has 0 aliphatic heterocycles. The van der Waals surface area contributed by atoms with E-state index in [0.29, 0.717) is 0 Å². The van der Waals surface area contributed by atoms with Gasteiger partial charge >= 0.3 is 86.4 Å². The molecular formula is C8H8BrPb. The van der Waals surface area contributed by atoms with E-state index in [1.807, 2.05) is 0 Å². The Morgan fingerprint density at radius 1 is 1.50 bits per heavy atom. The number of hydrogen-bond donors (Lipinski definition) is 0. The molecule has 2 heteroatoms. The molecule has 0 bridgehead atoms. The molecule has 0 N–H and O–H groups in total. The molecule has 1 aromatic carbocycles. The maximum atomic E-state index is 3.45. The Bertz CT molecular complexity index is 233. The molecule has 0 unspecified atom stereocenters. The second-order valence-electron chi connectivity index (χ2n) is 2.16. The summed E-state index contributed by atoms with van der Waals surface area (Å²) in [7, 11) is 0.